The topological polar surface area (TPSA) is 110 Å². The van der Waals surface area contributed by atoms with Gasteiger partial charge in [-0.05, 0) is 98.2 Å². The Kier molecular flexibility index (Phi) is 8.54. The van der Waals surface area contributed by atoms with Crippen molar-refractivity contribution in [1.29, 1.82) is 0 Å². The number of aromatic nitrogens is 4. The number of carbonyl (C=O) groups is 2. The Hall–Kier alpha value is -4.98. The molecule has 0 aliphatic carbocycles. The van der Waals surface area contributed by atoms with Gasteiger partial charge in [-0.15, -0.1) is 0 Å². The highest BCUT2D eigenvalue weighted by Crippen LogP contribution is 2.38. The molecule has 3 aromatic rings. The maximum Gasteiger partial charge on any atom is 0.305 e. The number of H-pyrrole nitrogens is 2. The number of aromatic amines is 2. The zero-order chi connectivity index (χ0) is 31.7. The van der Waals surface area contributed by atoms with E-state index in [1.807, 2.05) is 44.2 Å². The Morgan fingerprint density at radius 3 is 1.55 bits per heavy atom. The molecule has 0 aromatic carbocycles. The molecule has 226 valence electrons. The fraction of sp³-hybridized carbons (Fsp3) is 0.278. The fourth-order valence-corrected chi connectivity index (χ4v) is 5.96. The summed E-state index contributed by atoms with van der Waals surface area (Å²) in [6, 6.07) is 8.14. The molecular weight excluding hydrogens is 552 g/mol. The van der Waals surface area contributed by atoms with Gasteiger partial charge in [-0.2, -0.15) is 0 Å². The molecule has 8 nitrogen and oxygen atoms in total. The number of fused-ring (bicyclic) bond motifs is 8. The van der Waals surface area contributed by atoms with Crippen LogP contribution in [0.1, 0.15) is 84.6 Å². The van der Waals surface area contributed by atoms with Gasteiger partial charge in [0.2, 0.25) is 0 Å². The maximum absolute atomic E-state index is 12.1. The van der Waals surface area contributed by atoms with Crippen molar-refractivity contribution in [3.8, 4) is 0 Å². The van der Waals surface area contributed by atoms with Gasteiger partial charge in [-0.3, -0.25) is 9.59 Å². The summed E-state index contributed by atoms with van der Waals surface area (Å²) in [4.78, 5) is 41.5. The lowest BCUT2D eigenvalue weighted by molar-refractivity contribution is -0.141. The van der Waals surface area contributed by atoms with Gasteiger partial charge >= 0.3 is 11.9 Å². The first kappa shape index (κ1) is 30.5. The minimum atomic E-state index is -0.279. The van der Waals surface area contributed by atoms with Crippen molar-refractivity contribution in [3.05, 3.63) is 82.5 Å². The third kappa shape index (κ3) is 5.55. The second-order valence-electron chi connectivity index (χ2n) is 11.1. The fourth-order valence-electron chi connectivity index (χ4n) is 5.96. The summed E-state index contributed by atoms with van der Waals surface area (Å²) >= 11 is 0. The quantitative estimate of drug-likeness (QED) is 0.257. The lowest BCUT2D eigenvalue weighted by Gasteiger charge is -2.05. The summed E-state index contributed by atoms with van der Waals surface area (Å²) in [6.45, 7) is 16.3. The van der Waals surface area contributed by atoms with Gasteiger partial charge in [0.1, 0.15) is 0 Å². The minimum absolute atomic E-state index is 0.235. The number of aryl methyl sites for hydroxylation is 2. The first-order valence-corrected chi connectivity index (χ1v) is 14.6. The van der Waals surface area contributed by atoms with Crippen molar-refractivity contribution in [2.75, 3.05) is 14.2 Å². The molecule has 0 unspecified atom stereocenters. The predicted molar refractivity (Wildman–Crippen MR) is 178 cm³/mol. The van der Waals surface area contributed by atoms with Gasteiger partial charge < -0.3 is 19.4 Å². The highest BCUT2D eigenvalue weighted by Gasteiger charge is 2.22. The average Bonchev–Trinajstić information content (AvgIpc) is 3.67. The Balaban J connectivity index is 1.89. The van der Waals surface area contributed by atoms with Crippen LogP contribution in [0.2, 0.25) is 0 Å². The van der Waals surface area contributed by atoms with Crippen LogP contribution in [0.3, 0.4) is 0 Å². The van der Waals surface area contributed by atoms with E-state index in [2.05, 4.69) is 43.0 Å². The van der Waals surface area contributed by atoms with Crippen LogP contribution in [0.25, 0.3) is 56.5 Å². The molecule has 2 N–H and O–H groups in total. The number of hydrogen-bond acceptors (Lipinski definition) is 6. The number of nitrogens with zero attached hydrogens (tertiary/aromatic N) is 2. The van der Waals surface area contributed by atoms with E-state index in [9.17, 15) is 9.59 Å². The Bertz CT molecular complexity index is 1950. The molecule has 0 saturated heterocycles. The van der Waals surface area contributed by atoms with E-state index >= 15 is 0 Å². The summed E-state index contributed by atoms with van der Waals surface area (Å²) in [5.74, 6) is -0.557. The van der Waals surface area contributed by atoms with Crippen LogP contribution in [-0.2, 0) is 19.1 Å². The van der Waals surface area contributed by atoms with Crippen LogP contribution in [-0.4, -0.2) is 46.1 Å². The van der Waals surface area contributed by atoms with E-state index in [4.69, 9.17) is 19.4 Å². The van der Waals surface area contributed by atoms with Gasteiger partial charge in [0, 0.05) is 46.0 Å². The number of carbonyl (C=O) groups excluding carboxylic acids is 2. The molecule has 5 heterocycles. The molecule has 3 aromatic heterocycles. The SMILES string of the molecule is C=Cc1c(C)c2cc3[nH]c(cc4nc(cc5nc(cc1[nH]2)C(C)=C5CCC(=O)OC)C(C)=C4CCC(=O)OC)c(C)c3C=C. The Morgan fingerprint density at radius 2 is 1.07 bits per heavy atom. The lowest BCUT2D eigenvalue weighted by atomic mass is 9.99. The van der Waals surface area contributed by atoms with Crippen molar-refractivity contribution in [2.45, 2.75) is 53.4 Å². The normalized spacial score (nSPS) is 12.9. The summed E-state index contributed by atoms with van der Waals surface area (Å²) in [6.07, 6.45) is 5.14. The predicted octanol–water partition coefficient (Wildman–Crippen LogP) is 7.99. The van der Waals surface area contributed by atoms with Crippen molar-refractivity contribution in [3.63, 3.8) is 0 Å². The first-order chi connectivity index (χ1) is 21.1. The smallest absolute Gasteiger partial charge is 0.305 e. The number of rotatable bonds is 8. The van der Waals surface area contributed by atoms with Crippen molar-refractivity contribution in [1.82, 2.24) is 19.9 Å². The van der Waals surface area contributed by atoms with Crippen LogP contribution in [0, 0.1) is 13.8 Å². The molecule has 0 spiro atoms. The number of allylic oxidation sites excluding steroid dienone is 4. The minimum Gasteiger partial charge on any atom is -0.469 e. The van der Waals surface area contributed by atoms with Crippen LogP contribution < -0.4 is 0 Å². The average molecular weight is 591 g/mol. The molecule has 5 rings (SSSR count). The highest BCUT2D eigenvalue weighted by molar-refractivity contribution is 5.97. The molecule has 0 saturated carbocycles. The van der Waals surface area contributed by atoms with Crippen LogP contribution >= 0.6 is 0 Å². The van der Waals surface area contributed by atoms with Crippen LogP contribution in [0.4, 0.5) is 0 Å². The van der Waals surface area contributed by atoms with E-state index in [0.717, 1.165) is 89.4 Å². The number of esters is 2. The van der Waals surface area contributed by atoms with Crippen LogP contribution in [0.15, 0.2) is 37.4 Å². The molecule has 0 fully saturated rings. The second-order valence-corrected chi connectivity index (χ2v) is 11.1. The molecule has 8 bridgehead atoms. The van der Waals surface area contributed by atoms with Gasteiger partial charge in [-0.25, -0.2) is 9.97 Å². The monoisotopic (exact) mass is 590 g/mol. The number of ether oxygens (including phenoxy) is 2. The number of nitrogens with one attached hydrogen (secondary N) is 2. The molecule has 0 atom stereocenters. The highest BCUT2D eigenvalue weighted by atomic mass is 16.5. The molecule has 0 radical (unpaired) electrons. The zero-order valence-electron chi connectivity index (χ0n) is 26.2. The molecule has 0 amide bonds. The standard InChI is InChI=1S/C36H38N4O4/c1-9-23-19(3)27-15-31-24(10-2)20(4)28(38-31)17-33-26(12-14-36(42)44-8)22(6)30(40-33)18-34-25(11-13-35(41)43-7)21(5)29(39-34)16-32(23)37-27/h9-10,15-18,37-38H,1-2,11-14H2,3-8H3. The number of hydrogen-bond donors (Lipinski definition) is 2. The van der Waals surface area contributed by atoms with Gasteiger partial charge in [0.15, 0.2) is 0 Å². The number of methoxy groups -OCH3 is 2. The van der Waals surface area contributed by atoms with E-state index < -0.39 is 0 Å². The lowest BCUT2D eigenvalue weighted by Crippen LogP contribution is -2.00. The maximum atomic E-state index is 12.1. The third-order valence-electron chi connectivity index (χ3n) is 8.66. The van der Waals surface area contributed by atoms with E-state index in [-0.39, 0.29) is 24.8 Å². The first-order valence-electron chi connectivity index (χ1n) is 14.6. The molecule has 44 heavy (non-hydrogen) atoms. The third-order valence-corrected chi connectivity index (χ3v) is 8.66. The summed E-state index contributed by atoms with van der Waals surface area (Å²) < 4.78 is 9.87. The molecule has 8 heteroatoms. The Labute approximate surface area is 257 Å². The van der Waals surface area contributed by atoms with E-state index in [1.54, 1.807) is 0 Å². The molecule has 2 aliphatic heterocycles. The van der Waals surface area contributed by atoms with Gasteiger partial charge in [0.25, 0.3) is 0 Å². The van der Waals surface area contributed by atoms with Gasteiger partial charge in [0.05, 0.1) is 37.0 Å². The summed E-state index contributed by atoms with van der Waals surface area (Å²) in [5.41, 5.74) is 14.7. The van der Waals surface area contributed by atoms with E-state index in [1.165, 1.54) is 14.2 Å². The zero-order valence-corrected chi connectivity index (χ0v) is 26.2. The summed E-state index contributed by atoms with van der Waals surface area (Å²) in [5, 5.41) is 0. The summed E-state index contributed by atoms with van der Waals surface area (Å²) in [7, 11) is 2.79. The van der Waals surface area contributed by atoms with E-state index in [0.29, 0.717) is 12.8 Å². The van der Waals surface area contributed by atoms with Gasteiger partial charge in [-0.1, -0.05) is 25.3 Å². The van der Waals surface area contributed by atoms with Crippen molar-refractivity contribution in [2.24, 2.45) is 0 Å². The Morgan fingerprint density at radius 1 is 0.659 bits per heavy atom. The van der Waals surface area contributed by atoms with Crippen molar-refractivity contribution >= 4 is 68.4 Å². The molecular formula is C36H38N4O4. The van der Waals surface area contributed by atoms with Crippen molar-refractivity contribution < 1.29 is 19.1 Å². The second kappa shape index (κ2) is 12.3. The van der Waals surface area contributed by atoms with Crippen LogP contribution in [0.5, 0.6) is 0 Å². The molecule has 2 aliphatic rings. The largest absolute Gasteiger partial charge is 0.469 e.